The molecular formula is C30H39N5O2. The van der Waals surface area contributed by atoms with Crippen LogP contribution in [-0.2, 0) is 16.6 Å². The van der Waals surface area contributed by atoms with Gasteiger partial charge in [-0.3, -0.25) is 14.6 Å². The number of hydrogen-bond acceptors (Lipinski definition) is 4. The van der Waals surface area contributed by atoms with Crippen molar-refractivity contribution in [3.63, 3.8) is 0 Å². The van der Waals surface area contributed by atoms with E-state index in [1.54, 1.807) is 7.05 Å². The van der Waals surface area contributed by atoms with Gasteiger partial charge in [-0.15, -0.1) is 0 Å². The molecule has 0 unspecified atom stereocenters. The molecule has 5 rings (SSSR count). The molecule has 37 heavy (non-hydrogen) atoms. The first-order valence-electron chi connectivity index (χ1n) is 13.8. The molecule has 1 saturated carbocycles. The lowest BCUT2D eigenvalue weighted by molar-refractivity contribution is -0.139. The summed E-state index contributed by atoms with van der Waals surface area (Å²) in [5.41, 5.74) is 4.25. The van der Waals surface area contributed by atoms with Crippen LogP contribution in [0.5, 0.6) is 0 Å². The number of nitrogens with one attached hydrogen (secondary N) is 2. The maximum Gasteiger partial charge on any atom is 0.246 e. The lowest BCUT2D eigenvalue weighted by Crippen LogP contribution is -2.55. The van der Waals surface area contributed by atoms with E-state index in [0.29, 0.717) is 0 Å². The number of pyridine rings is 1. The second kappa shape index (κ2) is 11.1. The molecule has 0 bridgehead atoms. The summed E-state index contributed by atoms with van der Waals surface area (Å²) in [5, 5.41) is 7.29. The average Bonchev–Trinajstić information content (AvgIpc) is 3.56. The van der Waals surface area contributed by atoms with E-state index in [2.05, 4.69) is 46.5 Å². The van der Waals surface area contributed by atoms with Crippen molar-refractivity contribution in [3.05, 3.63) is 54.4 Å². The van der Waals surface area contributed by atoms with Crippen molar-refractivity contribution in [2.75, 3.05) is 13.6 Å². The van der Waals surface area contributed by atoms with Gasteiger partial charge < -0.3 is 20.1 Å². The number of nitrogens with zero attached hydrogens (tertiary/aromatic N) is 3. The number of fused-ring (bicyclic) bond motifs is 1. The number of benzene rings is 1. The van der Waals surface area contributed by atoms with Crippen molar-refractivity contribution < 1.29 is 9.59 Å². The largest absolute Gasteiger partial charge is 0.344 e. The third-order valence-corrected chi connectivity index (χ3v) is 8.42. The number of carbonyl (C=O) groups is 2. The van der Waals surface area contributed by atoms with Crippen LogP contribution in [0, 0.1) is 5.92 Å². The Morgan fingerprint density at radius 2 is 1.78 bits per heavy atom. The quantitative estimate of drug-likeness (QED) is 0.497. The predicted octanol–water partition coefficient (Wildman–Crippen LogP) is 4.58. The summed E-state index contributed by atoms with van der Waals surface area (Å²) in [4.78, 5) is 33.8. The van der Waals surface area contributed by atoms with E-state index in [4.69, 9.17) is 4.98 Å². The van der Waals surface area contributed by atoms with Gasteiger partial charge in [0, 0.05) is 36.4 Å². The number of rotatable bonds is 7. The minimum atomic E-state index is -0.472. The highest BCUT2D eigenvalue weighted by molar-refractivity contribution is 5.94. The number of carbonyl (C=O) groups excluding carboxylic acids is 2. The second-order valence-electron chi connectivity index (χ2n) is 10.7. The number of amides is 2. The SMILES string of the molecule is CN[C@@H](C)C(=O)N[C@H](C(=O)N1CCC[C@H]1c1cc2ccnc(-c3ccccc3)c2n1C)C1CCCCC1. The molecule has 2 aromatic heterocycles. The van der Waals surface area contributed by atoms with Gasteiger partial charge in [0.05, 0.1) is 23.3 Å². The topological polar surface area (TPSA) is 79.3 Å². The summed E-state index contributed by atoms with van der Waals surface area (Å²) in [6.07, 6.45) is 9.16. The van der Waals surface area contributed by atoms with Crippen molar-refractivity contribution in [3.8, 4) is 11.3 Å². The minimum absolute atomic E-state index is 0.0155. The van der Waals surface area contributed by atoms with Crippen molar-refractivity contribution in [1.29, 1.82) is 0 Å². The second-order valence-corrected chi connectivity index (χ2v) is 10.7. The highest BCUT2D eigenvalue weighted by Crippen LogP contribution is 2.38. The number of likely N-dealkylation sites (N-methyl/N-ethyl adjacent to an activating group) is 1. The molecule has 1 saturated heterocycles. The van der Waals surface area contributed by atoms with Gasteiger partial charge in [0.25, 0.3) is 0 Å². The van der Waals surface area contributed by atoms with Gasteiger partial charge in [-0.25, -0.2) is 0 Å². The van der Waals surface area contributed by atoms with Crippen molar-refractivity contribution in [1.82, 2.24) is 25.1 Å². The van der Waals surface area contributed by atoms with Gasteiger partial charge in [-0.05, 0) is 57.7 Å². The van der Waals surface area contributed by atoms with E-state index in [9.17, 15) is 9.59 Å². The lowest BCUT2D eigenvalue weighted by atomic mass is 9.83. The van der Waals surface area contributed by atoms with Gasteiger partial charge >= 0.3 is 0 Å². The molecule has 3 atom stereocenters. The fraction of sp³-hybridized carbons (Fsp3) is 0.500. The highest BCUT2D eigenvalue weighted by atomic mass is 16.2. The van der Waals surface area contributed by atoms with Gasteiger partial charge in [0.1, 0.15) is 6.04 Å². The Kier molecular flexibility index (Phi) is 7.60. The summed E-state index contributed by atoms with van der Waals surface area (Å²) in [7, 11) is 3.86. The number of hydrogen-bond donors (Lipinski definition) is 2. The molecule has 1 aliphatic heterocycles. The van der Waals surface area contributed by atoms with E-state index in [1.165, 1.54) is 6.42 Å². The first-order valence-corrected chi connectivity index (χ1v) is 13.8. The Morgan fingerprint density at radius 3 is 2.51 bits per heavy atom. The van der Waals surface area contributed by atoms with Crippen molar-refractivity contribution >= 4 is 22.7 Å². The molecule has 2 aliphatic rings. The van der Waals surface area contributed by atoms with Gasteiger partial charge in [-0.2, -0.15) is 0 Å². The molecule has 7 heteroatoms. The van der Waals surface area contributed by atoms with E-state index in [0.717, 1.165) is 72.9 Å². The van der Waals surface area contributed by atoms with Crippen LogP contribution in [0.3, 0.4) is 0 Å². The van der Waals surface area contributed by atoms with Crippen LogP contribution < -0.4 is 10.6 Å². The number of likely N-dealkylation sites (tertiary alicyclic amines) is 1. The minimum Gasteiger partial charge on any atom is -0.344 e. The summed E-state index contributed by atoms with van der Waals surface area (Å²) < 4.78 is 2.22. The first kappa shape index (κ1) is 25.5. The molecule has 196 valence electrons. The third kappa shape index (κ3) is 5.01. The molecule has 0 spiro atoms. The lowest BCUT2D eigenvalue weighted by Gasteiger charge is -2.35. The molecule has 1 aromatic carbocycles. The van der Waals surface area contributed by atoms with Gasteiger partial charge in [0.2, 0.25) is 11.8 Å². The highest BCUT2D eigenvalue weighted by Gasteiger charge is 2.40. The number of aryl methyl sites for hydroxylation is 1. The van der Waals surface area contributed by atoms with Gasteiger partial charge in [0.15, 0.2) is 0 Å². The normalized spacial score (nSPS) is 20.2. The molecule has 1 aliphatic carbocycles. The summed E-state index contributed by atoms with van der Waals surface area (Å²) >= 11 is 0. The van der Waals surface area contributed by atoms with Crippen LogP contribution in [0.15, 0.2) is 48.7 Å². The standard InChI is InChI=1S/C30H39N5O2/c1-20(31-2)29(36)33-27(22-13-8-5-9-14-22)30(37)35-18-10-15-24(35)25-19-23-16-17-32-26(28(23)34(25)3)21-11-6-4-7-12-21/h4,6-7,11-12,16-17,19-20,22,24,27,31H,5,8-10,13-15,18H2,1-3H3,(H,33,36)/t20-,24-,27-/m0/s1. The molecule has 0 radical (unpaired) electrons. The maximum absolute atomic E-state index is 14.2. The van der Waals surface area contributed by atoms with Crippen LogP contribution in [-0.4, -0.2) is 51.9 Å². The summed E-state index contributed by atoms with van der Waals surface area (Å²) in [6, 6.07) is 13.7. The van der Waals surface area contributed by atoms with E-state index < -0.39 is 6.04 Å². The Hall–Kier alpha value is -3.19. The summed E-state index contributed by atoms with van der Waals surface area (Å²) in [5.74, 6) is 0.153. The summed E-state index contributed by atoms with van der Waals surface area (Å²) in [6.45, 7) is 2.56. The van der Waals surface area contributed by atoms with Crippen LogP contribution in [0.1, 0.15) is 63.6 Å². The Labute approximate surface area is 219 Å². The molecule has 3 heterocycles. The smallest absolute Gasteiger partial charge is 0.246 e. The third-order valence-electron chi connectivity index (χ3n) is 8.42. The molecule has 2 N–H and O–H groups in total. The molecule has 3 aromatic rings. The maximum atomic E-state index is 14.2. The molecule has 2 fully saturated rings. The molecule has 7 nitrogen and oxygen atoms in total. The first-order chi connectivity index (χ1) is 18.0. The Bertz CT molecular complexity index is 1250. The fourth-order valence-corrected chi connectivity index (χ4v) is 6.22. The average molecular weight is 502 g/mol. The van der Waals surface area contributed by atoms with Crippen LogP contribution in [0.25, 0.3) is 22.2 Å². The Balaban J connectivity index is 1.48. The van der Waals surface area contributed by atoms with Crippen LogP contribution >= 0.6 is 0 Å². The fourth-order valence-electron chi connectivity index (χ4n) is 6.22. The van der Waals surface area contributed by atoms with Gasteiger partial charge in [-0.1, -0.05) is 49.6 Å². The zero-order chi connectivity index (χ0) is 25.9. The molecular weight excluding hydrogens is 462 g/mol. The predicted molar refractivity (Wildman–Crippen MR) is 147 cm³/mol. The number of aromatic nitrogens is 2. The van der Waals surface area contributed by atoms with Crippen molar-refractivity contribution in [2.45, 2.75) is 70.0 Å². The molecule has 2 amide bonds. The Morgan fingerprint density at radius 1 is 1.03 bits per heavy atom. The van der Waals surface area contributed by atoms with Crippen molar-refractivity contribution in [2.24, 2.45) is 13.0 Å². The zero-order valence-corrected chi connectivity index (χ0v) is 22.2. The van der Waals surface area contributed by atoms with E-state index in [-0.39, 0.29) is 29.8 Å². The van der Waals surface area contributed by atoms with E-state index >= 15 is 0 Å². The van der Waals surface area contributed by atoms with E-state index in [1.807, 2.05) is 36.2 Å². The zero-order valence-electron chi connectivity index (χ0n) is 22.2. The van der Waals surface area contributed by atoms with Crippen LogP contribution in [0.2, 0.25) is 0 Å². The van der Waals surface area contributed by atoms with Crippen LogP contribution in [0.4, 0.5) is 0 Å². The monoisotopic (exact) mass is 501 g/mol.